The Morgan fingerprint density at radius 2 is 1.76 bits per heavy atom. The van der Waals surface area contributed by atoms with Crippen molar-refractivity contribution < 1.29 is 36.3 Å². The van der Waals surface area contributed by atoms with Crippen molar-refractivity contribution in [1.82, 2.24) is 14.9 Å². The molecule has 2 saturated heterocycles. The third kappa shape index (κ3) is 5.17. The third-order valence-electron chi connectivity index (χ3n) is 8.07. The van der Waals surface area contributed by atoms with Crippen LogP contribution in [0.2, 0.25) is 0 Å². The van der Waals surface area contributed by atoms with Crippen LogP contribution in [-0.4, -0.2) is 61.0 Å². The zero-order valence-electron chi connectivity index (χ0n) is 24.1. The van der Waals surface area contributed by atoms with Gasteiger partial charge in [0.2, 0.25) is 5.88 Å². The van der Waals surface area contributed by atoms with Gasteiger partial charge >= 0.3 is 5.97 Å². The number of benzene rings is 3. The highest BCUT2D eigenvalue weighted by atomic mass is 32.2. The van der Waals surface area contributed by atoms with Crippen LogP contribution in [0.5, 0.6) is 5.88 Å². The molecule has 1 amide bonds. The fraction of sp³-hybridized carbons (Fsp3) is 0.152. The molecule has 2 unspecified atom stereocenters. The van der Waals surface area contributed by atoms with Crippen LogP contribution >= 0.6 is 0 Å². The van der Waals surface area contributed by atoms with E-state index in [-0.39, 0.29) is 29.5 Å². The third-order valence-corrected chi connectivity index (χ3v) is 9.47. The van der Waals surface area contributed by atoms with Crippen LogP contribution in [0.1, 0.15) is 16.8 Å². The molecular weight excluding hydrogens is 618 g/mol. The Morgan fingerprint density at radius 3 is 2.48 bits per heavy atom. The Balaban J connectivity index is 1.20. The lowest BCUT2D eigenvalue weighted by Gasteiger charge is -2.25. The summed E-state index contributed by atoms with van der Waals surface area (Å²) < 4.78 is 66.5. The molecule has 4 heterocycles. The summed E-state index contributed by atoms with van der Waals surface area (Å²) >= 11 is 0. The van der Waals surface area contributed by atoms with Gasteiger partial charge in [0.05, 0.1) is 19.2 Å². The summed E-state index contributed by atoms with van der Waals surface area (Å²) in [6, 6.07) is 17.6. The summed E-state index contributed by atoms with van der Waals surface area (Å²) in [4.78, 5) is 34.7. The number of anilines is 1. The first-order valence-corrected chi connectivity index (χ1v) is 15.6. The highest BCUT2D eigenvalue weighted by molar-refractivity contribution is 7.92. The van der Waals surface area contributed by atoms with Crippen molar-refractivity contribution in [3.05, 3.63) is 102 Å². The number of likely N-dealkylation sites (tertiary alicyclic amines) is 1. The Bertz CT molecular complexity index is 2160. The molecule has 232 valence electrons. The quantitative estimate of drug-likeness (QED) is 0.240. The van der Waals surface area contributed by atoms with E-state index >= 15 is 0 Å². The van der Waals surface area contributed by atoms with E-state index < -0.39 is 32.6 Å². The van der Waals surface area contributed by atoms with Crippen LogP contribution in [0, 0.1) is 11.6 Å². The van der Waals surface area contributed by atoms with Gasteiger partial charge in [-0.2, -0.15) is 0 Å². The second kappa shape index (κ2) is 11.2. The summed E-state index contributed by atoms with van der Waals surface area (Å²) in [5.41, 5.74) is 3.97. The number of esters is 1. The first-order valence-electron chi connectivity index (χ1n) is 14.1. The topological polar surface area (TPSA) is 128 Å². The number of pyridine rings is 2. The lowest BCUT2D eigenvalue weighted by atomic mass is 9.97. The van der Waals surface area contributed by atoms with E-state index in [1.54, 1.807) is 29.3 Å². The molecule has 2 aliphatic heterocycles. The Hall–Kier alpha value is -5.43. The van der Waals surface area contributed by atoms with Crippen molar-refractivity contribution in [1.29, 1.82) is 0 Å². The number of rotatable bonds is 7. The molecule has 2 atom stereocenters. The molecular formula is C33H24F2N4O6S. The molecule has 3 aromatic carbocycles. The van der Waals surface area contributed by atoms with E-state index in [4.69, 9.17) is 9.47 Å². The minimum Gasteiger partial charge on any atom is -0.480 e. The van der Waals surface area contributed by atoms with Crippen molar-refractivity contribution in [2.75, 3.05) is 18.4 Å². The van der Waals surface area contributed by atoms with Crippen molar-refractivity contribution in [3.63, 3.8) is 0 Å². The predicted octanol–water partition coefficient (Wildman–Crippen LogP) is 5.19. The van der Waals surface area contributed by atoms with Crippen LogP contribution in [-0.2, 0) is 19.6 Å². The molecule has 2 bridgehead atoms. The highest BCUT2D eigenvalue weighted by Crippen LogP contribution is 2.35. The average molecular weight is 643 g/mol. The average Bonchev–Trinajstić information content (AvgIpc) is 3.63. The maximum atomic E-state index is 14.3. The zero-order valence-corrected chi connectivity index (χ0v) is 24.9. The molecule has 10 nitrogen and oxygen atoms in total. The van der Waals surface area contributed by atoms with Gasteiger partial charge in [0.25, 0.3) is 15.9 Å². The van der Waals surface area contributed by atoms with E-state index in [0.717, 1.165) is 28.6 Å². The first kappa shape index (κ1) is 29.3. The molecule has 5 aromatic rings. The summed E-state index contributed by atoms with van der Waals surface area (Å²) in [6.07, 6.45) is 3.47. The monoisotopic (exact) mass is 642 g/mol. The molecule has 2 aromatic heterocycles. The number of morpholine rings is 1. The second-order valence-electron chi connectivity index (χ2n) is 10.9. The number of fused-ring (bicyclic) bond motifs is 3. The number of hydrogen-bond donors (Lipinski definition) is 1. The fourth-order valence-corrected chi connectivity index (χ4v) is 6.96. The van der Waals surface area contributed by atoms with E-state index in [2.05, 4.69) is 14.7 Å². The van der Waals surface area contributed by atoms with E-state index in [1.165, 1.54) is 19.4 Å². The summed E-state index contributed by atoms with van der Waals surface area (Å²) in [7, 11) is -3.15. The standard InChI is InChI=1S/C33H24F2N4O6S/c1-44-31-28(38-46(42,43)30-9-7-22(34)14-26(30)35)13-21(16-37-31)20-6-8-27-25(12-20)24(10-11-36-27)18-2-4-19(5-3-18)32(40)39-17-23-15-29(39)33(41)45-23/h2-14,16,23,29,38H,15,17H2,1H3. The van der Waals surface area contributed by atoms with Crippen molar-refractivity contribution in [2.24, 2.45) is 0 Å². The minimum absolute atomic E-state index is 0.0463. The summed E-state index contributed by atoms with van der Waals surface area (Å²) in [6.45, 7) is 0.390. The van der Waals surface area contributed by atoms with Gasteiger partial charge < -0.3 is 14.4 Å². The largest absolute Gasteiger partial charge is 0.480 e. The molecule has 7 rings (SSSR count). The Morgan fingerprint density at radius 1 is 0.978 bits per heavy atom. The van der Waals surface area contributed by atoms with Crippen LogP contribution in [0.3, 0.4) is 0 Å². The van der Waals surface area contributed by atoms with Gasteiger partial charge in [-0.3, -0.25) is 14.5 Å². The number of carbonyl (C=O) groups excluding carboxylic acids is 2. The SMILES string of the molecule is COc1ncc(-c2ccc3nccc(-c4ccc(C(=O)N5CC6CC5C(=O)O6)cc4)c3c2)cc1NS(=O)(=O)c1ccc(F)cc1F. The second-order valence-corrected chi connectivity index (χ2v) is 12.5. The maximum Gasteiger partial charge on any atom is 0.329 e. The number of carbonyl (C=O) groups is 2. The molecule has 46 heavy (non-hydrogen) atoms. The number of sulfonamides is 1. The van der Waals surface area contributed by atoms with Crippen molar-refractivity contribution >= 4 is 38.5 Å². The maximum absolute atomic E-state index is 14.3. The number of nitrogens with one attached hydrogen (secondary N) is 1. The van der Waals surface area contributed by atoms with Gasteiger partial charge in [0.1, 0.15) is 34.4 Å². The van der Waals surface area contributed by atoms with Gasteiger partial charge in [-0.1, -0.05) is 18.2 Å². The number of aromatic nitrogens is 2. The molecule has 0 aliphatic carbocycles. The first-order chi connectivity index (χ1) is 22.1. The van der Waals surface area contributed by atoms with Gasteiger partial charge in [-0.05, 0) is 65.2 Å². The van der Waals surface area contributed by atoms with E-state index in [0.29, 0.717) is 41.2 Å². The minimum atomic E-state index is -4.46. The molecule has 0 radical (unpaired) electrons. The van der Waals surface area contributed by atoms with Gasteiger partial charge in [-0.25, -0.2) is 27.0 Å². The number of halogens is 2. The summed E-state index contributed by atoms with van der Waals surface area (Å²) in [5.74, 6) is -2.78. The number of amides is 1. The van der Waals surface area contributed by atoms with Crippen LogP contribution < -0.4 is 9.46 Å². The molecule has 1 N–H and O–H groups in total. The Kier molecular flexibility index (Phi) is 7.12. The number of nitrogens with zero attached hydrogens (tertiary/aromatic N) is 3. The lowest BCUT2D eigenvalue weighted by Crippen LogP contribution is -2.44. The molecule has 2 fully saturated rings. The Labute approximate surface area is 261 Å². The van der Waals surface area contributed by atoms with Crippen LogP contribution in [0.15, 0.2) is 90.1 Å². The highest BCUT2D eigenvalue weighted by Gasteiger charge is 2.48. The number of hydrogen-bond acceptors (Lipinski definition) is 8. The molecule has 2 aliphatic rings. The van der Waals surface area contributed by atoms with Crippen LogP contribution in [0.25, 0.3) is 33.2 Å². The number of ether oxygens (including phenoxy) is 2. The normalized spacial score (nSPS) is 17.3. The molecule has 0 saturated carbocycles. The van der Waals surface area contributed by atoms with E-state index in [1.807, 2.05) is 30.3 Å². The fourth-order valence-electron chi connectivity index (χ4n) is 5.85. The van der Waals surface area contributed by atoms with E-state index in [9.17, 15) is 26.8 Å². The van der Waals surface area contributed by atoms with Gasteiger partial charge in [-0.15, -0.1) is 0 Å². The zero-order chi connectivity index (χ0) is 32.2. The van der Waals surface area contributed by atoms with Crippen molar-refractivity contribution in [2.45, 2.75) is 23.5 Å². The van der Waals surface area contributed by atoms with Crippen molar-refractivity contribution in [3.8, 4) is 28.1 Å². The van der Waals surface area contributed by atoms with Gasteiger partial charge in [0, 0.05) is 41.4 Å². The molecule has 13 heteroatoms. The molecule has 0 spiro atoms. The lowest BCUT2D eigenvalue weighted by molar-refractivity contribution is -0.149. The predicted molar refractivity (Wildman–Crippen MR) is 163 cm³/mol. The number of methoxy groups -OCH3 is 1. The summed E-state index contributed by atoms with van der Waals surface area (Å²) in [5, 5.41) is 0.782. The van der Waals surface area contributed by atoms with Gasteiger partial charge in [0.15, 0.2) is 0 Å². The van der Waals surface area contributed by atoms with Crippen LogP contribution in [0.4, 0.5) is 14.5 Å². The smallest absolute Gasteiger partial charge is 0.329 e.